The summed E-state index contributed by atoms with van der Waals surface area (Å²) in [7, 11) is 0. The van der Waals surface area contributed by atoms with Crippen molar-refractivity contribution in [2.75, 3.05) is 12.8 Å². The van der Waals surface area contributed by atoms with Gasteiger partial charge in [0, 0.05) is 17.0 Å². The quantitative estimate of drug-likeness (QED) is 0.751. The van der Waals surface area contributed by atoms with Gasteiger partial charge in [-0.3, -0.25) is 0 Å². The molecule has 1 aromatic carbocycles. The number of thioether (sulfide) groups is 1. The minimum atomic E-state index is 0.133. The summed E-state index contributed by atoms with van der Waals surface area (Å²) >= 11 is 1.73. The van der Waals surface area contributed by atoms with Gasteiger partial charge in [0.2, 0.25) is 0 Å². The summed E-state index contributed by atoms with van der Waals surface area (Å²) in [5.74, 6) is 1.00. The van der Waals surface area contributed by atoms with E-state index < -0.39 is 0 Å². The standard InChI is InChI=1S/C16H27NOS/c1-6-9-13(12-17-16(2,3)4)18-14-10-7-8-11-15(14)19-5/h7-8,10-11,13,17H,6,9,12H2,1-5H3. The number of ether oxygens (including phenoxy) is 1. The zero-order valence-corrected chi connectivity index (χ0v) is 13.6. The van der Waals surface area contributed by atoms with E-state index in [1.54, 1.807) is 11.8 Å². The fourth-order valence-corrected chi connectivity index (χ4v) is 2.37. The number of para-hydroxylation sites is 1. The minimum Gasteiger partial charge on any atom is -0.488 e. The lowest BCUT2D eigenvalue weighted by atomic mass is 10.1. The predicted molar refractivity (Wildman–Crippen MR) is 85.3 cm³/mol. The Balaban J connectivity index is 2.66. The van der Waals surface area contributed by atoms with E-state index in [4.69, 9.17) is 4.74 Å². The molecule has 3 heteroatoms. The van der Waals surface area contributed by atoms with Crippen LogP contribution >= 0.6 is 11.8 Å². The lowest BCUT2D eigenvalue weighted by Crippen LogP contribution is -2.42. The van der Waals surface area contributed by atoms with Crippen molar-refractivity contribution in [3.8, 4) is 5.75 Å². The van der Waals surface area contributed by atoms with Crippen molar-refractivity contribution in [1.82, 2.24) is 5.32 Å². The Labute approximate surface area is 122 Å². The van der Waals surface area contributed by atoms with Gasteiger partial charge in [0.05, 0.1) is 0 Å². The molecule has 1 aromatic rings. The second-order valence-electron chi connectivity index (χ2n) is 5.81. The number of nitrogens with one attached hydrogen (secondary N) is 1. The molecule has 1 unspecified atom stereocenters. The van der Waals surface area contributed by atoms with Gasteiger partial charge in [0.1, 0.15) is 11.9 Å². The number of rotatable bonds is 7. The largest absolute Gasteiger partial charge is 0.488 e. The number of hydrogen-bond acceptors (Lipinski definition) is 3. The molecule has 0 aromatic heterocycles. The van der Waals surface area contributed by atoms with Crippen molar-refractivity contribution in [2.45, 2.75) is 57.1 Å². The van der Waals surface area contributed by atoms with Crippen LogP contribution in [0.1, 0.15) is 40.5 Å². The first-order valence-corrected chi connectivity index (χ1v) is 8.23. The van der Waals surface area contributed by atoms with Gasteiger partial charge >= 0.3 is 0 Å². The molecule has 0 spiro atoms. The molecule has 0 radical (unpaired) electrons. The fraction of sp³-hybridized carbons (Fsp3) is 0.625. The van der Waals surface area contributed by atoms with Gasteiger partial charge in [-0.05, 0) is 45.6 Å². The number of hydrogen-bond donors (Lipinski definition) is 1. The second-order valence-corrected chi connectivity index (χ2v) is 6.66. The molecule has 2 nitrogen and oxygen atoms in total. The van der Waals surface area contributed by atoms with Crippen LogP contribution in [0.5, 0.6) is 5.75 Å². The zero-order chi connectivity index (χ0) is 14.3. The van der Waals surface area contributed by atoms with Gasteiger partial charge in [0.25, 0.3) is 0 Å². The Bertz CT molecular complexity index is 373. The lowest BCUT2D eigenvalue weighted by molar-refractivity contribution is 0.171. The maximum absolute atomic E-state index is 6.19. The maximum atomic E-state index is 6.19. The lowest BCUT2D eigenvalue weighted by Gasteiger charge is -2.26. The molecule has 1 rings (SSSR count). The zero-order valence-electron chi connectivity index (χ0n) is 12.8. The molecular formula is C16H27NOS. The summed E-state index contributed by atoms with van der Waals surface area (Å²) in [5, 5.41) is 3.53. The Hall–Kier alpha value is -0.670. The van der Waals surface area contributed by atoms with Crippen LogP contribution < -0.4 is 10.1 Å². The Morgan fingerprint density at radius 3 is 2.53 bits per heavy atom. The third-order valence-electron chi connectivity index (χ3n) is 2.83. The molecule has 0 aliphatic rings. The summed E-state index contributed by atoms with van der Waals surface area (Å²) in [6, 6.07) is 8.27. The van der Waals surface area contributed by atoms with Crippen LogP contribution in [0.2, 0.25) is 0 Å². The molecule has 1 atom stereocenters. The van der Waals surface area contributed by atoms with Gasteiger partial charge in [-0.25, -0.2) is 0 Å². The average Bonchev–Trinajstić information content (AvgIpc) is 2.36. The summed E-state index contributed by atoms with van der Waals surface area (Å²) in [4.78, 5) is 1.21. The molecule has 0 saturated carbocycles. The highest BCUT2D eigenvalue weighted by molar-refractivity contribution is 7.98. The van der Waals surface area contributed by atoms with E-state index in [0.29, 0.717) is 0 Å². The van der Waals surface area contributed by atoms with Crippen molar-refractivity contribution in [1.29, 1.82) is 0 Å². The summed E-state index contributed by atoms with van der Waals surface area (Å²) < 4.78 is 6.19. The van der Waals surface area contributed by atoms with E-state index in [-0.39, 0.29) is 11.6 Å². The molecule has 0 amide bonds. The van der Waals surface area contributed by atoms with Crippen LogP contribution in [0, 0.1) is 0 Å². The van der Waals surface area contributed by atoms with Gasteiger partial charge in [0.15, 0.2) is 0 Å². The van der Waals surface area contributed by atoms with Crippen molar-refractivity contribution in [3.63, 3.8) is 0 Å². The van der Waals surface area contributed by atoms with Crippen LogP contribution in [-0.4, -0.2) is 24.4 Å². The molecule has 108 valence electrons. The molecule has 0 bridgehead atoms. The van der Waals surface area contributed by atoms with Crippen LogP contribution in [0.25, 0.3) is 0 Å². The van der Waals surface area contributed by atoms with Crippen molar-refractivity contribution >= 4 is 11.8 Å². The third kappa shape index (κ3) is 6.35. The summed E-state index contributed by atoms with van der Waals surface area (Å²) in [5.41, 5.74) is 0.133. The first-order chi connectivity index (χ1) is 8.96. The van der Waals surface area contributed by atoms with Gasteiger partial charge in [-0.1, -0.05) is 25.5 Å². The van der Waals surface area contributed by atoms with E-state index in [0.717, 1.165) is 25.1 Å². The SMILES string of the molecule is CCCC(CNC(C)(C)C)Oc1ccccc1SC. The van der Waals surface area contributed by atoms with Crippen LogP contribution in [0.4, 0.5) is 0 Å². The summed E-state index contributed by atoms with van der Waals surface area (Å²) in [6.07, 6.45) is 4.53. The molecule has 19 heavy (non-hydrogen) atoms. The fourth-order valence-electron chi connectivity index (χ4n) is 1.84. The van der Waals surface area contributed by atoms with Crippen LogP contribution in [-0.2, 0) is 0 Å². The third-order valence-corrected chi connectivity index (χ3v) is 3.61. The van der Waals surface area contributed by atoms with E-state index in [1.165, 1.54) is 4.90 Å². The molecule has 0 heterocycles. The van der Waals surface area contributed by atoms with E-state index in [1.807, 2.05) is 6.07 Å². The first kappa shape index (κ1) is 16.4. The van der Waals surface area contributed by atoms with Gasteiger partial charge in [-0.2, -0.15) is 0 Å². The Kier molecular flexibility index (Phi) is 6.73. The maximum Gasteiger partial charge on any atom is 0.133 e. The highest BCUT2D eigenvalue weighted by Gasteiger charge is 2.16. The molecule has 0 aliphatic carbocycles. The second kappa shape index (κ2) is 7.81. The van der Waals surface area contributed by atoms with Crippen molar-refractivity contribution in [2.24, 2.45) is 0 Å². The Morgan fingerprint density at radius 2 is 1.95 bits per heavy atom. The van der Waals surface area contributed by atoms with E-state index in [9.17, 15) is 0 Å². The van der Waals surface area contributed by atoms with Gasteiger partial charge < -0.3 is 10.1 Å². The molecule has 0 fully saturated rings. The van der Waals surface area contributed by atoms with Crippen LogP contribution in [0.3, 0.4) is 0 Å². The van der Waals surface area contributed by atoms with E-state index >= 15 is 0 Å². The normalized spacial score (nSPS) is 13.3. The minimum absolute atomic E-state index is 0.133. The molecule has 0 aliphatic heterocycles. The average molecular weight is 281 g/mol. The Morgan fingerprint density at radius 1 is 1.26 bits per heavy atom. The molecule has 1 N–H and O–H groups in total. The first-order valence-electron chi connectivity index (χ1n) is 7.01. The number of benzene rings is 1. The van der Waals surface area contributed by atoms with Crippen LogP contribution in [0.15, 0.2) is 29.2 Å². The topological polar surface area (TPSA) is 21.3 Å². The molecule has 0 saturated heterocycles. The molecular weight excluding hydrogens is 254 g/mol. The monoisotopic (exact) mass is 281 g/mol. The van der Waals surface area contributed by atoms with E-state index in [2.05, 4.69) is 57.5 Å². The van der Waals surface area contributed by atoms with Crippen molar-refractivity contribution in [3.05, 3.63) is 24.3 Å². The highest BCUT2D eigenvalue weighted by Crippen LogP contribution is 2.28. The summed E-state index contributed by atoms with van der Waals surface area (Å²) in [6.45, 7) is 9.65. The highest BCUT2D eigenvalue weighted by atomic mass is 32.2. The predicted octanol–water partition coefficient (Wildman–Crippen LogP) is 4.34. The van der Waals surface area contributed by atoms with Crippen molar-refractivity contribution < 1.29 is 4.74 Å². The smallest absolute Gasteiger partial charge is 0.133 e. The van der Waals surface area contributed by atoms with Gasteiger partial charge in [-0.15, -0.1) is 11.8 Å².